The Labute approximate surface area is 123 Å². The first-order chi connectivity index (χ1) is 10.1. The lowest BCUT2D eigenvalue weighted by Crippen LogP contribution is -2.14. The van der Waals surface area contributed by atoms with Crippen molar-refractivity contribution in [3.8, 4) is 5.75 Å². The van der Waals surface area contributed by atoms with Gasteiger partial charge in [-0.25, -0.2) is 8.42 Å². The quantitative estimate of drug-likeness (QED) is 0.831. The van der Waals surface area contributed by atoms with Crippen molar-refractivity contribution in [1.29, 1.82) is 0 Å². The van der Waals surface area contributed by atoms with Gasteiger partial charge in [-0.1, -0.05) is 30.3 Å². The first-order valence-electron chi connectivity index (χ1n) is 6.56. The molecule has 21 heavy (non-hydrogen) atoms. The van der Waals surface area contributed by atoms with Gasteiger partial charge in [-0.15, -0.1) is 0 Å². The van der Waals surface area contributed by atoms with E-state index >= 15 is 0 Å². The van der Waals surface area contributed by atoms with E-state index in [9.17, 15) is 8.42 Å². The van der Waals surface area contributed by atoms with Gasteiger partial charge in [0, 0.05) is 0 Å². The Bertz CT molecular complexity index is 711. The number of hydrogen-bond donors (Lipinski definition) is 1. The SMILES string of the molecule is O=S(=O)(Nc1ccccc1OCC1CO1)c1ccccc1. The second kappa shape index (κ2) is 5.75. The van der Waals surface area contributed by atoms with Crippen molar-refractivity contribution in [3.05, 3.63) is 54.6 Å². The summed E-state index contributed by atoms with van der Waals surface area (Å²) in [4.78, 5) is 0.213. The third kappa shape index (κ3) is 3.53. The molecular weight excluding hydrogens is 290 g/mol. The van der Waals surface area contributed by atoms with E-state index in [0.29, 0.717) is 24.7 Å². The van der Waals surface area contributed by atoms with Gasteiger partial charge in [0.25, 0.3) is 10.0 Å². The molecule has 1 atom stereocenters. The van der Waals surface area contributed by atoms with Crippen molar-refractivity contribution in [3.63, 3.8) is 0 Å². The maximum atomic E-state index is 12.3. The highest BCUT2D eigenvalue weighted by Gasteiger charge is 2.24. The predicted octanol–water partition coefficient (Wildman–Crippen LogP) is 2.27. The molecule has 0 bridgehead atoms. The predicted molar refractivity (Wildman–Crippen MR) is 78.9 cm³/mol. The number of sulfonamides is 1. The Hall–Kier alpha value is -2.05. The highest BCUT2D eigenvalue weighted by Crippen LogP contribution is 2.27. The van der Waals surface area contributed by atoms with Crippen molar-refractivity contribution in [1.82, 2.24) is 0 Å². The number of rotatable bonds is 6. The van der Waals surface area contributed by atoms with Crippen LogP contribution in [-0.4, -0.2) is 27.7 Å². The molecule has 6 heteroatoms. The Balaban J connectivity index is 1.80. The minimum Gasteiger partial charge on any atom is -0.489 e. The molecule has 0 aromatic heterocycles. The molecule has 0 amide bonds. The maximum Gasteiger partial charge on any atom is 0.262 e. The summed E-state index contributed by atoms with van der Waals surface area (Å²) < 4.78 is 37.8. The van der Waals surface area contributed by atoms with Gasteiger partial charge in [0.15, 0.2) is 0 Å². The van der Waals surface area contributed by atoms with Crippen LogP contribution in [0.3, 0.4) is 0 Å². The summed E-state index contributed by atoms with van der Waals surface area (Å²) in [5.74, 6) is 0.493. The van der Waals surface area contributed by atoms with Crippen molar-refractivity contribution < 1.29 is 17.9 Å². The molecule has 1 saturated heterocycles. The van der Waals surface area contributed by atoms with Gasteiger partial charge >= 0.3 is 0 Å². The molecule has 2 aromatic rings. The van der Waals surface area contributed by atoms with Crippen LogP contribution in [0.25, 0.3) is 0 Å². The van der Waals surface area contributed by atoms with Crippen molar-refractivity contribution in [2.45, 2.75) is 11.0 Å². The topological polar surface area (TPSA) is 67.9 Å². The summed E-state index contributed by atoms with van der Waals surface area (Å²) in [5.41, 5.74) is 0.419. The highest BCUT2D eigenvalue weighted by atomic mass is 32.2. The lowest BCUT2D eigenvalue weighted by Gasteiger charge is -2.13. The molecule has 1 aliphatic heterocycles. The summed E-state index contributed by atoms with van der Waals surface area (Å²) >= 11 is 0. The second-order valence-corrected chi connectivity index (χ2v) is 6.36. The maximum absolute atomic E-state index is 12.3. The number of ether oxygens (including phenoxy) is 2. The zero-order valence-electron chi connectivity index (χ0n) is 11.2. The summed E-state index contributed by atoms with van der Waals surface area (Å²) in [6.07, 6.45) is 0.115. The van der Waals surface area contributed by atoms with Gasteiger partial charge in [-0.2, -0.15) is 0 Å². The van der Waals surface area contributed by atoms with Gasteiger partial charge in [0.1, 0.15) is 18.5 Å². The summed E-state index contributed by atoms with van der Waals surface area (Å²) in [5, 5.41) is 0. The van der Waals surface area contributed by atoms with Crippen LogP contribution in [0.15, 0.2) is 59.5 Å². The number of anilines is 1. The molecule has 0 aliphatic carbocycles. The Kier molecular flexibility index (Phi) is 3.81. The van der Waals surface area contributed by atoms with Crippen LogP contribution >= 0.6 is 0 Å². The molecular formula is C15H15NO4S. The smallest absolute Gasteiger partial charge is 0.262 e. The standard InChI is InChI=1S/C15H15NO4S/c17-21(18,13-6-2-1-3-7-13)16-14-8-4-5-9-15(14)20-11-12-10-19-12/h1-9,12,16H,10-11H2. The third-order valence-corrected chi connectivity index (χ3v) is 4.39. The van der Waals surface area contributed by atoms with Crippen LogP contribution in [0.1, 0.15) is 0 Å². The molecule has 1 N–H and O–H groups in total. The van der Waals surface area contributed by atoms with E-state index in [1.807, 2.05) is 0 Å². The fourth-order valence-corrected chi connectivity index (χ4v) is 2.92. The zero-order chi connectivity index (χ0) is 14.7. The number of nitrogens with one attached hydrogen (secondary N) is 1. The van der Waals surface area contributed by atoms with E-state index in [2.05, 4.69) is 4.72 Å². The molecule has 1 unspecified atom stereocenters. The second-order valence-electron chi connectivity index (χ2n) is 4.68. The van der Waals surface area contributed by atoms with Crippen LogP contribution in [0, 0.1) is 0 Å². The number of hydrogen-bond acceptors (Lipinski definition) is 4. The van der Waals surface area contributed by atoms with E-state index in [1.54, 1.807) is 54.6 Å². The fourth-order valence-electron chi connectivity index (χ4n) is 1.83. The minimum atomic E-state index is -3.62. The van der Waals surface area contributed by atoms with E-state index in [-0.39, 0.29) is 11.0 Å². The molecule has 0 saturated carbocycles. The van der Waals surface area contributed by atoms with Crippen LogP contribution in [-0.2, 0) is 14.8 Å². The zero-order valence-corrected chi connectivity index (χ0v) is 12.0. The average Bonchev–Trinajstić information content (AvgIpc) is 3.31. The van der Waals surface area contributed by atoms with Crippen molar-refractivity contribution in [2.24, 2.45) is 0 Å². The van der Waals surface area contributed by atoms with E-state index in [4.69, 9.17) is 9.47 Å². The molecule has 3 rings (SSSR count). The van der Waals surface area contributed by atoms with Gasteiger partial charge in [0.2, 0.25) is 0 Å². The Morgan fingerprint density at radius 1 is 1.10 bits per heavy atom. The summed E-state index contributed by atoms with van der Waals surface area (Å²) in [6.45, 7) is 1.11. The van der Waals surface area contributed by atoms with Crippen molar-refractivity contribution in [2.75, 3.05) is 17.9 Å². The summed E-state index contributed by atoms with van der Waals surface area (Å²) in [6, 6.07) is 15.2. The van der Waals surface area contributed by atoms with Gasteiger partial charge in [-0.05, 0) is 24.3 Å². The molecule has 0 spiro atoms. The minimum absolute atomic E-state index is 0.115. The first kappa shape index (κ1) is 13.9. The van der Waals surface area contributed by atoms with Crippen LogP contribution in [0.2, 0.25) is 0 Å². The van der Waals surface area contributed by atoms with Gasteiger partial charge in [0.05, 0.1) is 17.2 Å². The number of para-hydroxylation sites is 2. The molecule has 1 fully saturated rings. The Morgan fingerprint density at radius 3 is 2.48 bits per heavy atom. The third-order valence-electron chi connectivity index (χ3n) is 3.01. The molecule has 0 radical (unpaired) electrons. The number of benzene rings is 2. The number of epoxide rings is 1. The van der Waals surface area contributed by atoms with Crippen LogP contribution < -0.4 is 9.46 Å². The molecule has 2 aromatic carbocycles. The molecule has 110 valence electrons. The Morgan fingerprint density at radius 2 is 1.76 bits per heavy atom. The lowest BCUT2D eigenvalue weighted by atomic mass is 10.3. The summed E-state index contributed by atoms with van der Waals surface area (Å²) in [7, 11) is -3.62. The normalized spacial score (nSPS) is 17.2. The average molecular weight is 305 g/mol. The van der Waals surface area contributed by atoms with Crippen LogP contribution in [0.5, 0.6) is 5.75 Å². The monoisotopic (exact) mass is 305 g/mol. The highest BCUT2D eigenvalue weighted by molar-refractivity contribution is 7.92. The van der Waals surface area contributed by atoms with Crippen molar-refractivity contribution >= 4 is 15.7 Å². The van der Waals surface area contributed by atoms with Gasteiger partial charge in [-0.3, -0.25) is 4.72 Å². The fraction of sp³-hybridized carbons (Fsp3) is 0.200. The lowest BCUT2D eigenvalue weighted by molar-refractivity contribution is 0.264. The van der Waals surface area contributed by atoms with E-state index in [1.165, 1.54) is 0 Å². The molecule has 5 nitrogen and oxygen atoms in total. The van der Waals surface area contributed by atoms with E-state index in [0.717, 1.165) is 0 Å². The largest absolute Gasteiger partial charge is 0.489 e. The molecule has 1 aliphatic rings. The van der Waals surface area contributed by atoms with E-state index < -0.39 is 10.0 Å². The first-order valence-corrected chi connectivity index (χ1v) is 8.05. The molecule has 1 heterocycles. The van der Waals surface area contributed by atoms with Gasteiger partial charge < -0.3 is 9.47 Å². The van der Waals surface area contributed by atoms with Crippen LogP contribution in [0.4, 0.5) is 5.69 Å².